The van der Waals surface area contributed by atoms with Gasteiger partial charge in [-0.05, 0) is 51.0 Å². The van der Waals surface area contributed by atoms with E-state index in [0.29, 0.717) is 18.6 Å². The van der Waals surface area contributed by atoms with Gasteiger partial charge in [0, 0.05) is 49.0 Å². The summed E-state index contributed by atoms with van der Waals surface area (Å²) >= 11 is 0. The number of hydrogen-bond acceptors (Lipinski definition) is 4. The Morgan fingerprint density at radius 1 is 1.23 bits per heavy atom. The maximum absolute atomic E-state index is 12.5. The summed E-state index contributed by atoms with van der Waals surface area (Å²) in [5.41, 5.74) is 1.11. The van der Waals surface area contributed by atoms with Crippen LogP contribution in [0, 0.1) is 5.41 Å². The molecule has 1 amide bonds. The molecule has 3 aliphatic rings. The predicted molar refractivity (Wildman–Crippen MR) is 99.5 cm³/mol. The number of hydrogen-bond donors (Lipinski definition) is 0. The van der Waals surface area contributed by atoms with Crippen molar-refractivity contribution in [3.8, 4) is 0 Å². The molecular formula is C21H29N3O2. The Balaban J connectivity index is 1.47. The predicted octanol–water partition coefficient (Wildman–Crippen LogP) is 3.61. The van der Waals surface area contributed by atoms with Crippen LogP contribution < -0.4 is 0 Å². The number of carbonyl (C=O) groups is 1. The highest BCUT2D eigenvalue weighted by molar-refractivity contribution is 5.87. The van der Waals surface area contributed by atoms with Crippen molar-refractivity contribution in [3.05, 3.63) is 36.4 Å². The van der Waals surface area contributed by atoms with E-state index in [1.54, 1.807) is 0 Å². The van der Waals surface area contributed by atoms with E-state index in [1.165, 1.54) is 31.8 Å². The molecule has 1 atom stereocenters. The molecule has 26 heavy (non-hydrogen) atoms. The van der Waals surface area contributed by atoms with Crippen LogP contribution in [0.15, 0.2) is 25.0 Å². The van der Waals surface area contributed by atoms with E-state index in [2.05, 4.69) is 16.5 Å². The zero-order chi connectivity index (χ0) is 18.0. The first-order chi connectivity index (χ1) is 12.7. The summed E-state index contributed by atoms with van der Waals surface area (Å²) in [7, 11) is 0. The van der Waals surface area contributed by atoms with E-state index in [4.69, 9.17) is 4.74 Å². The Hall–Kier alpha value is -1.75. The van der Waals surface area contributed by atoms with Crippen LogP contribution in [0.3, 0.4) is 0 Å². The van der Waals surface area contributed by atoms with Gasteiger partial charge in [0.25, 0.3) is 0 Å². The minimum absolute atomic E-state index is 0.0154. The number of aromatic nitrogens is 2. The Bertz CT molecular complexity index is 644. The maximum Gasteiger partial charge on any atom is 0.246 e. The Morgan fingerprint density at radius 2 is 2.00 bits per heavy atom. The van der Waals surface area contributed by atoms with Crippen LogP contribution in [0.25, 0.3) is 0 Å². The Labute approximate surface area is 155 Å². The standard InChI is InChI=1S/C21H29N3O2/c1-2-19(25)24(14-16-12-22-20(23-13-16)17-7-8-17)15-21(9-5-10-21)18-6-3-4-11-26-18/h2,12-13,17-18H,1,3-11,14-15H2. The number of rotatable bonds is 7. The lowest BCUT2D eigenvalue weighted by molar-refractivity contribution is -0.140. The largest absolute Gasteiger partial charge is 0.378 e. The summed E-state index contributed by atoms with van der Waals surface area (Å²) in [5.74, 6) is 1.48. The minimum Gasteiger partial charge on any atom is -0.378 e. The lowest BCUT2D eigenvalue weighted by Gasteiger charge is -2.50. The molecule has 5 heteroatoms. The first kappa shape index (κ1) is 17.7. The third kappa shape index (κ3) is 3.68. The third-order valence-electron chi connectivity index (χ3n) is 6.25. The maximum atomic E-state index is 12.5. The van der Waals surface area contributed by atoms with E-state index in [1.807, 2.05) is 17.3 Å². The zero-order valence-electron chi connectivity index (χ0n) is 15.5. The van der Waals surface area contributed by atoms with Gasteiger partial charge in [-0.25, -0.2) is 9.97 Å². The average Bonchev–Trinajstić information content (AvgIpc) is 3.49. The third-order valence-corrected chi connectivity index (χ3v) is 6.25. The van der Waals surface area contributed by atoms with E-state index in [0.717, 1.165) is 50.2 Å². The van der Waals surface area contributed by atoms with Crippen molar-refractivity contribution in [1.82, 2.24) is 14.9 Å². The first-order valence-electron chi connectivity index (χ1n) is 10.0. The van der Waals surface area contributed by atoms with E-state index < -0.39 is 0 Å². The van der Waals surface area contributed by atoms with E-state index in [-0.39, 0.29) is 11.3 Å². The highest BCUT2D eigenvalue weighted by Gasteiger charge is 2.46. The summed E-state index contributed by atoms with van der Waals surface area (Å²) in [6.45, 7) is 5.85. The number of nitrogens with zero attached hydrogens (tertiary/aromatic N) is 3. The molecule has 2 heterocycles. The van der Waals surface area contributed by atoms with Gasteiger partial charge >= 0.3 is 0 Å². The monoisotopic (exact) mass is 355 g/mol. The molecule has 4 rings (SSSR count). The van der Waals surface area contributed by atoms with Gasteiger partial charge in [0.15, 0.2) is 0 Å². The molecule has 0 spiro atoms. The summed E-state index contributed by atoms with van der Waals surface area (Å²) in [4.78, 5) is 23.4. The molecule has 0 N–H and O–H groups in total. The molecule has 2 saturated carbocycles. The molecule has 0 aromatic carbocycles. The van der Waals surface area contributed by atoms with Gasteiger partial charge in [-0.1, -0.05) is 13.0 Å². The lowest BCUT2D eigenvalue weighted by Crippen LogP contribution is -2.52. The van der Waals surface area contributed by atoms with Crippen LogP contribution in [-0.4, -0.2) is 40.0 Å². The number of ether oxygens (including phenoxy) is 1. The van der Waals surface area contributed by atoms with Crippen molar-refractivity contribution < 1.29 is 9.53 Å². The van der Waals surface area contributed by atoms with Crippen molar-refractivity contribution in [2.45, 2.75) is 69.9 Å². The fourth-order valence-corrected chi connectivity index (χ4v) is 4.38. The van der Waals surface area contributed by atoms with E-state index in [9.17, 15) is 4.79 Å². The van der Waals surface area contributed by atoms with Gasteiger partial charge in [-0.15, -0.1) is 0 Å². The summed E-state index contributed by atoms with van der Waals surface area (Å²) in [6.07, 6.45) is 14.9. The van der Waals surface area contributed by atoms with Gasteiger partial charge in [0.05, 0.1) is 6.10 Å². The van der Waals surface area contributed by atoms with Crippen LogP contribution in [-0.2, 0) is 16.1 Å². The fraction of sp³-hybridized carbons (Fsp3) is 0.667. The summed E-state index contributed by atoms with van der Waals surface area (Å²) in [5, 5.41) is 0. The SMILES string of the molecule is C=CC(=O)N(Cc1cnc(C2CC2)nc1)CC1(C2CCCCO2)CCC1. The molecule has 140 valence electrons. The average molecular weight is 355 g/mol. The Kier molecular flexibility index (Phi) is 5.07. The second-order valence-electron chi connectivity index (χ2n) is 8.19. The van der Waals surface area contributed by atoms with Crippen LogP contribution in [0.5, 0.6) is 0 Å². The smallest absolute Gasteiger partial charge is 0.246 e. The van der Waals surface area contributed by atoms with Crippen molar-refractivity contribution in [2.75, 3.05) is 13.2 Å². The van der Waals surface area contributed by atoms with Gasteiger partial charge in [-0.3, -0.25) is 4.79 Å². The van der Waals surface area contributed by atoms with E-state index >= 15 is 0 Å². The molecule has 1 unspecified atom stereocenters. The van der Waals surface area contributed by atoms with Crippen LogP contribution in [0.2, 0.25) is 0 Å². The van der Waals surface area contributed by atoms with Gasteiger partial charge in [0.1, 0.15) is 5.82 Å². The zero-order valence-corrected chi connectivity index (χ0v) is 15.5. The van der Waals surface area contributed by atoms with Crippen molar-refractivity contribution in [2.24, 2.45) is 5.41 Å². The van der Waals surface area contributed by atoms with Gasteiger partial charge in [0.2, 0.25) is 5.91 Å². The quantitative estimate of drug-likeness (QED) is 0.701. The van der Waals surface area contributed by atoms with Crippen LogP contribution >= 0.6 is 0 Å². The topological polar surface area (TPSA) is 55.3 Å². The molecular weight excluding hydrogens is 326 g/mol. The van der Waals surface area contributed by atoms with Crippen molar-refractivity contribution >= 4 is 5.91 Å². The Morgan fingerprint density at radius 3 is 2.54 bits per heavy atom. The molecule has 1 aromatic rings. The normalized spacial score (nSPS) is 24.5. The van der Waals surface area contributed by atoms with Crippen molar-refractivity contribution in [3.63, 3.8) is 0 Å². The number of amides is 1. The molecule has 2 aliphatic carbocycles. The lowest BCUT2D eigenvalue weighted by atomic mass is 9.63. The minimum atomic E-state index is -0.0154. The molecule has 0 bridgehead atoms. The molecule has 1 aliphatic heterocycles. The van der Waals surface area contributed by atoms with Crippen LogP contribution in [0.1, 0.15) is 68.7 Å². The highest BCUT2D eigenvalue weighted by Crippen LogP contribution is 2.48. The second-order valence-corrected chi connectivity index (χ2v) is 8.19. The molecule has 1 aromatic heterocycles. The van der Waals surface area contributed by atoms with Crippen LogP contribution in [0.4, 0.5) is 0 Å². The summed E-state index contributed by atoms with van der Waals surface area (Å²) < 4.78 is 6.11. The molecule has 5 nitrogen and oxygen atoms in total. The fourth-order valence-electron chi connectivity index (χ4n) is 4.38. The first-order valence-corrected chi connectivity index (χ1v) is 10.0. The molecule has 0 radical (unpaired) electrons. The molecule has 1 saturated heterocycles. The van der Waals surface area contributed by atoms with Crippen molar-refractivity contribution in [1.29, 1.82) is 0 Å². The number of carbonyl (C=O) groups excluding carboxylic acids is 1. The molecule has 3 fully saturated rings. The second kappa shape index (κ2) is 7.47. The highest BCUT2D eigenvalue weighted by atomic mass is 16.5. The van der Waals surface area contributed by atoms with Gasteiger partial charge < -0.3 is 9.64 Å². The summed E-state index contributed by atoms with van der Waals surface area (Å²) in [6, 6.07) is 0. The van der Waals surface area contributed by atoms with Gasteiger partial charge in [-0.2, -0.15) is 0 Å².